The first-order valence-corrected chi connectivity index (χ1v) is 12.2. The molecule has 0 aliphatic heterocycles. The van der Waals surface area contributed by atoms with Crippen molar-refractivity contribution in [2.75, 3.05) is 6.61 Å². The number of hydrogen-bond donors (Lipinski definition) is 1. The Balaban J connectivity index is 1.71. The van der Waals surface area contributed by atoms with Gasteiger partial charge in [0.25, 0.3) is 5.91 Å². The maximum Gasteiger partial charge on any atom is 0.261 e. The summed E-state index contributed by atoms with van der Waals surface area (Å²) in [6.07, 6.45) is 5.47. The van der Waals surface area contributed by atoms with Crippen molar-refractivity contribution in [1.29, 1.82) is 0 Å². The Morgan fingerprint density at radius 1 is 1.16 bits per heavy atom. The molecule has 1 aliphatic carbocycles. The standard InChI is InChI=1S/C25H30BrClN2O3/c1-17-8-10-19(11-9-17)15-29(18(2)25(31)28-21-6-4-3-5-7-21)24(30)16-32-23-13-12-20(26)14-22(23)27/h8-14,18,21H,3-7,15-16H2,1-2H3,(H,28,31). The SMILES string of the molecule is Cc1ccc(CN(C(=O)COc2ccc(Br)cc2Cl)C(C)C(=O)NC2CCCCC2)cc1. The molecule has 32 heavy (non-hydrogen) atoms. The van der Waals surface area contributed by atoms with Gasteiger partial charge in [0.2, 0.25) is 5.91 Å². The van der Waals surface area contributed by atoms with Crippen LogP contribution in [0.1, 0.15) is 50.2 Å². The van der Waals surface area contributed by atoms with Crippen LogP contribution in [0.25, 0.3) is 0 Å². The molecule has 1 aliphatic rings. The fraction of sp³-hybridized carbons (Fsp3) is 0.440. The molecule has 0 heterocycles. The fourth-order valence-corrected chi connectivity index (χ4v) is 4.58. The van der Waals surface area contributed by atoms with E-state index in [-0.39, 0.29) is 24.5 Å². The van der Waals surface area contributed by atoms with Gasteiger partial charge in [0, 0.05) is 17.1 Å². The summed E-state index contributed by atoms with van der Waals surface area (Å²) in [5.74, 6) is 0.0349. The number of nitrogens with zero attached hydrogens (tertiary/aromatic N) is 1. The van der Waals surface area contributed by atoms with Crippen LogP contribution in [0.2, 0.25) is 5.02 Å². The maximum atomic E-state index is 13.2. The summed E-state index contributed by atoms with van der Waals surface area (Å²) in [6, 6.07) is 12.8. The average Bonchev–Trinajstić information content (AvgIpc) is 2.78. The molecular weight excluding hydrogens is 492 g/mol. The molecule has 5 nitrogen and oxygen atoms in total. The highest BCUT2D eigenvalue weighted by Crippen LogP contribution is 2.28. The number of carbonyl (C=O) groups is 2. The summed E-state index contributed by atoms with van der Waals surface area (Å²) in [4.78, 5) is 27.7. The molecule has 1 unspecified atom stereocenters. The van der Waals surface area contributed by atoms with E-state index in [2.05, 4.69) is 21.2 Å². The van der Waals surface area contributed by atoms with Gasteiger partial charge in [0.05, 0.1) is 5.02 Å². The monoisotopic (exact) mass is 520 g/mol. The van der Waals surface area contributed by atoms with Crippen molar-refractivity contribution in [2.24, 2.45) is 0 Å². The van der Waals surface area contributed by atoms with Gasteiger partial charge in [0.15, 0.2) is 6.61 Å². The molecular formula is C25H30BrClN2O3. The second-order valence-electron chi connectivity index (χ2n) is 8.39. The van der Waals surface area contributed by atoms with Gasteiger partial charge >= 0.3 is 0 Å². The van der Waals surface area contributed by atoms with Gasteiger partial charge in [-0.05, 0) is 50.5 Å². The Kier molecular flexibility index (Phi) is 9.00. The molecule has 0 bridgehead atoms. The van der Waals surface area contributed by atoms with E-state index in [1.807, 2.05) is 31.2 Å². The van der Waals surface area contributed by atoms with Crippen LogP contribution in [0.15, 0.2) is 46.9 Å². The number of hydrogen-bond acceptors (Lipinski definition) is 3. The maximum absolute atomic E-state index is 13.2. The second kappa shape index (κ2) is 11.7. The van der Waals surface area contributed by atoms with E-state index in [9.17, 15) is 9.59 Å². The van der Waals surface area contributed by atoms with E-state index >= 15 is 0 Å². The lowest BCUT2D eigenvalue weighted by atomic mass is 9.95. The Morgan fingerprint density at radius 2 is 1.84 bits per heavy atom. The van der Waals surface area contributed by atoms with Gasteiger partial charge in [-0.15, -0.1) is 0 Å². The first-order valence-electron chi connectivity index (χ1n) is 11.1. The molecule has 172 valence electrons. The number of amides is 2. The molecule has 1 saturated carbocycles. The normalized spacial score (nSPS) is 15.1. The number of benzene rings is 2. The van der Waals surface area contributed by atoms with Gasteiger partial charge in [-0.2, -0.15) is 0 Å². The predicted molar refractivity (Wildman–Crippen MR) is 131 cm³/mol. The molecule has 0 spiro atoms. The minimum Gasteiger partial charge on any atom is -0.482 e. The van der Waals surface area contributed by atoms with Crippen LogP contribution in [-0.2, 0) is 16.1 Å². The summed E-state index contributed by atoms with van der Waals surface area (Å²) in [5, 5.41) is 3.56. The number of ether oxygens (including phenoxy) is 1. The first kappa shape index (κ1) is 24.6. The second-order valence-corrected chi connectivity index (χ2v) is 9.71. The molecule has 3 rings (SSSR count). The molecule has 0 saturated heterocycles. The van der Waals surface area contributed by atoms with Crippen molar-refractivity contribution in [2.45, 2.75) is 64.6 Å². The molecule has 2 aromatic carbocycles. The average molecular weight is 522 g/mol. The zero-order valence-electron chi connectivity index (χ0n) is 18.6. The number of nitrogens with one attached hydrogen (secondary N) is 1. The highest BCUT2D eigenvalue weighted by molar-refractivity contribution is 9.10. The summed E-state index contributed by atoms with van der Waals surface area (Å²) in [6.45, 7) is 3.92. The quantitative estimate of drug-likeness (QED) is 0.488. The lowest BCUT2D eigenvalue weighted by Gasteiger charge is -2.31. The third kappa shape index (κ3) is 6.97. The van der Waals surface area contributed by atoms with E-state index in [0.29, 0.717) is 17.3 Å². The molecule has 7 heteroatoms. The van der Waals surface area contributed by atoms with Gasteiger partial charge in [-0.3, -0.25) is 9.59 Å². The van der Waals surface area contributed by atoms with Gasteiger partial charge in [0.1, 0.15) is 11.8 Å². The lowest BCUT2D eigenvalue weighted by molar-refractivity contribution is -0.142. The van der Waals surface area contributed by atoms with Gasteiger partial charge in [-0.1, -0.05) is 76.6 Å². The number of rotatable bonds is 8. The number of carbonyl (C=O) groups excluding carboxylic acids is 2. The van der Waals surface area contributed by atoms with Crippen LogP contribution in [-0.4, -0.2) is 35.4 Å². The van der Waals surface area contributed by atoms with Crippen LogP contribution in [0, 0.1) is 6.92 Å². The van der Waals surface area contributed by atoms with Gasteiger partial charge in [-0.25, -0.2) is 0 Å². The highest BCUT2D eigenvalue weighted by Gasteiger charge is 2.28. The minimum atomic E-state index is -0.616. The Hall–Kier alpha value is -2.05. The van der Waals surface area contributed by atoms with E-state index in [4.69, 9.17) is 16.3 Å². The Morgan fingerprint density at radius 3 is 2.50 bits per heavy atom. The fourth-order valence-electron chi connectivity index (χ4n) is 3.86. The van der Waals surface area contributed by atoms with Crippen molar-refractivity contribution in [3.05, 3.63) is 63.1 Å². The molecule has 1 atom stereocenters. The molecule has 0 aromatic heterocycles. The van der Waals surface area contributed by atoms with Crippen molar-refractivity contribution in [3.8, 4) is 5.75 Å². The van der Waals surface area contributed by atoms with Crippen LogP contribution in [0.3, 0.4) is 0 Å². The third-order valence-electron chi connectivity index (χ3n) is 5.84. The van der Waals surface area contributed by atoms with E-state index in [1.54, 1.807) is 30.0 Å². The summed E-state index contributed by atoms with van der Waals surface area (Å²) >= 11 is 9.57. The first-order chi connectivity index (χ1) is 15.3. The van der Waals surface area contributed by atoms with Crippen molar-refractivity contribution in [3.63, 3.8) is 0 Å². The zero-order chi connectivity index (χ0) is 23.1. The van der Waals surface area contributed by atoms with E-state index in [1.165, 1.54) is 6.42 Å². The van der Waals surface area contributed by atoms with Crippen molar-refractivity contribution >= 4 is 39.3 Å². The number of aryl methyl sites for hydroxylation is 1. The Labute approximate surface area is 203 Å². The number of halogens is 2. The molecule has 2 aromatic rings. The lowest BCUT2D eigenvalue weighted by Crippen LogP contribution is -2.51. The summed E-state index contributed by atoms with van der Waals surface area (Å²) in [7, 11) is 0. The Bertz CT molecular complexity index is 929. The van der Waals surface area contributed by atoms with Crippen molar-refractivity contribution < 1.29 is 14.3 Å². The highest BCUT2D eigenvalue weighted by atomic mass is 79.9. The zero-order valence-corrected chi connectivity index (χ0v) is 20.9. The predicted octanol–water partition coefficient (Wildman–Crippen LogP) is 5.66. The molecule has 1 N–H and O–H groups in total. The van der Waals surface area contributed by atoms with Crippen molar-refractivity contribution in [1.82, 2.24) is 10.2 Å². The van der Waals surface area contributed by atoms with Gasteiger partial charge < -0.3 is 15.0 Å². The van der Waals surface area contributed by atoms with Crippen LogP contribution in [0.4, 0.5) is 0 Å². The van der Waals surface area contributed by atoms with E-state index < -0.39 is 6.04 Å². The summed E-state index contributed by atoms with van der Waals surface area (Å²) < 4.78 is 6.52. The molecule has 1 fully saturated rings. The minimum absolute atomic E-state index is 0.126. The van der Waals surface area contributed by atoms with Crippen LogP contribution >= 0.6 is 27.5 Å². The van der Waals surface area contributed by atoms with Crippen LogP contribution in [0.5, 0.6) is 5.75 Å². The molecule has 0 radical (unpaired) electrons. The smallest absolute Gasteiger partial charge is 0.261 e. The third-order valence-corrected chi connectivity index (χ3v) is 6.63. The van der Waals surface area contributed by atoms with Crippen LogP contribution < -0.4 is 10.1 Å². The topological polar surface area (TPSA) is 58.6 Å². The molecule has 2 amide bonds. The summed E-state index contributed by atoms with van der Waals surface area (Å²) in [5.41, 5.74) is 2.10. The van der Waals surface area contributed by atoms with E-state index in [0.717, 1.165) is 41.3 Å². The largest absolute Gasteiger partial charge is 0.482 e.